The number of aromatic nitrogens is 8. The van der Waals surface area contributed by atoms with Crippen molar-refractivity contribution < 1.29 is 35.0 Å². The van der Waals surface area contributed by atoms with Crippen LogP contribution < -0.4 is 19.8 Å². The monoisotopic (exact) mass is 488 g/mol. The Labute approximate surface area is 170 Å². The Bertz CT molecular complexity index is 1490. The van der Waals surface area contributed by atoms with Crippen LogP contribution in [0.5, 0.6) is 12.0 Å². The largest absolute Gasteiger partial charge is 0.506 e. The van der Waals surface area contributed by atoms with Gasteiger partial charge in [-0.15, -0.1) is 8.42 Å². The van der Waals surface area contributed by atoms with E-state index in [0.717, 1.165) is 12.7 Å². The first-order chi connectivity index (χ1) is 14.6. The molecule has 31 heavy (non-hydrogen) atoms. The second-order valence-electron chi connectivity index (χ2n) is 5.36. The van der Waals surface area contributed by atoms with Crippen molar-refractivity contribution in [2.75, 3.05) is 11.5 Å². The van der Waals surface area contributed by atoms with Gasteiger partial charge in [-0.25, -0.2) is 36.9 Å². The lowest BCUT2D eigenvalue weighted by Crippen LogP contribution is -2.19. The lowest BCUT2D eigenvalue weighted by atomic mass is 10.5. The molecule has 0 aromatic carbocycles. The summed E-state index contributed by atoms with van der Waals surface area (Å²) in [5, 5.41) is 0. The smallest absolute Gasteiger partial charge is 0.382 e. The molecule has 4 heterocycles. The van der Waals surface area contributed by atoms with Crippen molar-refractivity contribution in [2.24, 2.45) is 0 Å². The number of nitrogen functional groups attached to an aromatic ring is 2. The number of hydrogen-bond acceptors (Lipinski definition) is 16. The summed E-state index contributed by atoms with van der Waals surface area (Å²) in [4.78, 5) is 21.7. The minimum absolute atomic E-state index is 0.185. The van der Waals surface area contributed by atoms with E-state index in [2.05, 4.69) is 38.3 Å². The molecule has 0 radical (unpaired) electrons. The molecule has 0 atom stereocenters. The van der Waals surface area contributed by atoms with Crippen molar-refractivity contribution in [3.63, 3.8) is 0 Å². The number of imidazole rings is 2. The third-order valence-corrected chi connectivity index (χ3v) is 5.50. The summed E-state index contributed by atoms with van der Waals surface area (Å²) in [7, 11) is -11.2. The molecule has 160 valence electrons. The molecule has 0 fully saturated rings. The van der Waals surface area contributed by atoms with Crippen molar-refractivity contribution in [3.05, 3.63) is 12.7 Å². The van der Waals surface area contributed by atoms with Crippen LogP contribution in [0.25, 0.3) is 22.3 Å². The highest BCUT2D eigenvalue weighted by molar-refractivity contribution is 7.82. The van der Waals surface area contributed by atoms with Gasteiger partial charge >= 0.3 is 38.1 Å². The van der Waals surface area contributed by atoms with Crippen LogP contribution in [0.3, 0.4) is 0 Å². The molecular formula is C10H6N10O8P2S. The van der Waals surface area contributed by atoms with E-state index in [9.17, 15) is 26.7 Å². The fourth-order valence-electron chi connectivity index (χ4n) is 2.35. The van der Waals surface area contributed by atoms with E-state index in [1.165, 1.54) is 0 Å². The van der Waals surface area contributed by atoms with Gasteiger partial charge in [0.1, 0.15) is 23.7 Å². The molecule has 0 spiro atoms. The van der Waals surface area contributed by atoms with Crippen LogP contribution in [0.1, 0.15) is 0 Å². The minimum Gasteiger partial charge on any atom is -0.382 e. The number of hydrogen-bond donors (Lipinski definition) is 2. The topological polar surface area (TPSA) is 260 Å². The molecule has 4 rings (SSSR count). The molecule has 21 heteroatoms. The van der Waals surface area contributed by atoms with Crippen molar-refractivity contribution in [1.82, 2.24) is 38.6 Å². The van der Waals surface area contributed by atoms with Gasteiger partial charge in [0.15, 0.2) is 22.9 Å². The van der Waals surface area contributed by atoms with Gasteiger partial charge in [-0.3, -0.25) is 0 Å². The van der Waals surface area contributed by atoms with Crippen molar-refractivity contribution in [1.29, 1.82) is 0 Å². The molecule has 0 saturated heterocycles. The lowest BCUT2D eigenvalue weighted by Gasteiger charge is -2.06. The summed E-state index contributed by atoms with van der Waals surface area (Å²) in [5.74, 6) is -0.878. The second-order valence-corrected chi connectivity index (χ2v) is 8.32. The number of anilines is 2. The van der Waals surface area contributed by atoms with Crippen LogP contribution in [0, 0.1) is 0 Å². The maximum atomic E-state index is 12.2. The van der Waals surface area contributed by atoms with Crippen molar-refractivity contribution in [2.45, 2.75) is 0 Å². The van der Waals surface area contributed by atoms with E-state index in [1.54, 1.807) is 0 Å². The highest BCUT2D eigenvalue weighted by Gasteiger charge is 2.24. The first kappa shape index (κ1) is 20.3. The van der Waals surface area contributed by atoms with Gasteiger partial charge in [0.05, 0.1) is 0 Å². The quantitative estimate of drug-likeness (QED) is 0.330. The summed E-state index contributed by atoms with van der Waals surface area (Å²) in [6.07, 6.45) is 1.77. The standard InChI is InChI=1S/C10H6N10O8P2S/c11-5-3-7(13-1-19(3)29(21)22)17-9(15-5)27-31(25,26)28-10-16-6(12)4-8(18-10)14-2-20(4)30(23)24/h1-2H,(H2,11,15,17)(H2,12,16,18). The summed E-state index contributed by atoms with van der Waals surface area (Å²) < 4.78 is 79.3. The van der Waals surface area contributed by atoms with Crippen LogP contribution in [0.2, 0.25) is 0 Å². The summed E-state index contributed by atoms with van der Waals surface area (Å²) in [6.45, 7) is 0. The van der Waals surface area contributed by atoms with Crippen LogP contribution in [0.4, 0.5) is 11.6 Å². The van der Waals surface area contributed by atoms with E-state index in [1.807, 2.05) is 0 Å². The molecule has 0 aliphatic rings. The molecule has 18 nitrogen and oxygen atoms in total. The zero-order valence-electron chi connectivity index (χ0n) is 14.5. The molecule has 4 aromatic heterocycles. The van der Waals surface area contributed by atoms with E-state index in [-0.39, 0.29) is 22.3 Å². The van der Waals surface area contributed by atoms with Crippen LogP contribution >= 0.6 is 15.7 Å². The SMILES string of the molecule is Nc1nc(OS(=O)(=O)Oc2nc(N)c3c(ncn3P(=O)=O)n2)nc2ncn(P(=O)=O)c12. The number of fused-ring (bicyclic) bond motifs is 2. The Morgan fingerprint density at radius 2 is 1.13 bits per heavy atom. The van der Waals surface area contributed by atoms with Crippen LogP contribution in [0.15, 0.2) is 12.7 Å². The van der Waals surface area contributed by atoms with Crippen LogP contribution in [-0.2, 0) is 28.7 Å². The zero-order valence-corrected chi connectivity index (χ0v) is 17.1. The molecule has 0 aliphatic carbocycles. The molecule has 4 N–H and O–H groups in total. The van der Waals surface area contributed by atoms with Gasteiger partial charge in [0.2, 0.25) is 0 Å². The lowest BCUT2D eigenvalue weighted by molar-refractivity contribution is 0.370. The van der Waals surface area contributed by atoms with Gasteiger partial charge in [-0.2, -0.15) is 19.9 Å². The molecule has 4 aromatic rings. The summed E-state index contributed by atoms with van der Waals surface area (Å²) >= 11 is 0. The number of rotatable bonds is 6. The maximum Gasteiger partial charge on any atom is 0.506 e. The minimum atomic E-state index is -4.95. The fourth-order valence-corrected chi connectivity index (χ4v) is 3.88. The first-order valence-corrected chi connectivity index (χ1v) is 11.1. The zero-order chi connectivity index (χ0) is 22.5. The normalized spacial score (nSPS) is 11.6. The predicted molar refractivity (Wildman–Crippen MR) is 97.0 cm³/mol. The maximum absolute atomic E-state index is 12.2. The Morgan fingerprint density at radius 3 is 1.48 bits per heavy atom. The van der Waals surface area contributed by atoms with E-state index in [4.69, 9.17) is 11.5 Å². The second kappa shape index (κ2) is 7.08. The Hall–Kier alpha value is -3.95. The molecule has 0 saturated carbocycles. The average Bonchev–Trinajstić information content (AvgIpc) is 3.25. The molecule has 0 amide bonds. The highest BCUT2D eigenvalue weighted by atomic mass is 32.3. The molecule has 0 bridgehead atoms. The van der Waals surface area contributed by atoms with Gasteiger partial charge in [-0.1, -0.05) is 0 Å². The van der Waals surface area contributed by atoms with E-state index < -0.39 is 49.7 Å². The predicted octanol–water partition coefficient (Wildman–Crippen LogP) is -0.295. The summed E-state index contributed by atoms with van der Waals surface area (Å²) in [5.41, 5.74) is 10.3. The Morgan fingerprint density at radius 1 is 0.742 bits per heavy atom. The first-order valence-electron chi connectivity index (χ1n) is 7.50. The van der Waals surface area contributed by atoms with Gasteiger partial charge < -0.3 is 19.8 Å². The fraction of sp³-hybridized carbons (Fsp3) is 0. The van der Waals surface area contributed by atoms with Crippen molar-refractivity contribution in [3.8, 4) is 12.0 Å². The van der Waals surface area contributed by atoms with Gasteiger partial charge in [0.25, 0.3) is 0 Å². The Kier molecular flexibility index (Phi) is 4.64. The van der Waals surface area contributed by atoms with Gasteiger partial charge in [0, 0.05) is 0 Å². The van der Waals surface area contributed by atoms with Crippen LogP contribution in [-0.4, -0.2) is 47.0 Å². The average molecular weight is 488 g/mol. The van der Waals surface area contributed by atoms with E-state index >= 15 is 0 Å². The van der Waals surface area contributed by atoms with Gasteiger partial charge in [-0.05, 0) is 0 Å². The molecular weight excluding hydrogens is 482 g/mol. The van der Waals surface area contributed by atoms with Crippen molar-refractivity contribution >= 4 is 60.0 Å². The molecule has 0 unspecified atom stereocenters. The third-order valence-electron chi connectivity index (χ3n) is 3.49. The van der Waals surface area contributed by atoms with E-state index in [0.29, 0.717) is 8.68 Å². The number of nitrogens with two attached hydrogens (primary N) is 2. The highest BCUT2D eigenvalue weighted by Crippen LogP contribution is 2.27. The third kappa shape index (κ3) is 3.67. The Balaban J connectivity index is 1.66. The summed E-state index contributed by atoms with van der Waals surface area (Å²) in [6, 6.07) is -1.67. The number of nitrogens with zero attached hydrogens (tertiary/aromatic N) is 8. The molecule has 0 aliphatic heterocycles.